The molecule has 0 saturated carbocycles. The van der Waals surface area contributed by atoms with Crippen molar-refractivity contribution in [3.63, 3.8) is 0 Å². The summed E-state index contributed by atoms with van der Waals surface area (Å²) in [5.41, 5.74) is -0.961. The molecule has 2 atom stereocenters. The molecule has 0 aromatic carbocycles. The lowest BCUT2D eigenvalue weighted by molar-refractivity contribution is -0.307. The number of carbonyl (C=O) groups excluding carboxylic acids is 3. The van der Waals surface area contributed by atoms with Crippen LogP contribution in [0.15, 0.2) is 0 Å². The molecule has 0 aliphatic carbocycles. The molecule has 0 aromatic heterocycles. The number of esters is 2. The fourth-order valence-electron chi connectivity index (χ4n) is 2.26. The van der Waals surface area contributed by atoms with Crippen LogP contribution in [0.1, 0.15) is 40.5 Å². The first-order chi connectivity index (χ1) is 10.9. The van der Waals surface area contributed by atoms with Crippen molar-refractivity contribution in [1.82, 2.24) is 4.90 Å². The first-order valence-electron chi connectivity index (χ1n) is 7.33. The van der Waals surface area contributed by atoms with Gasteiger partial charge in [0.1, 0.15) is 17.7 Å². The lowest BCUT2D eigenvalue weighted by Crippen LogP contribution is -2.51. The first kappa shape index (κ1) is 20.0. The molecule has 138 valence electrons. The van der Waals surface area contributed by atoms with Crippen LogP contribution in [0, 0.1) is 0 Å². The monoisotopic (exact) mass is 355 g/mol. The standard InChI is InChI=1S/C14H20F3NO6/c1-5-22-10(19)8-6-7-9(11(20)23-14(15,16)17)18(8)12(21)24-13(2,3)4/h8-9H,5-7H2,1-4H3/t8-,9?/m0/s1. The largest absolute Gasteiger partial charge is 0.575 e. The van der Waals surface area contributed by atoms with Gasteiger partial charge in [-0.25, -0.2) is 14.4 Å². The summed E-state index contributed by atoms with van der Waals surface area (Å²) >= 11 is 0. The maximum Gasteiger partial charge on any atom is 0.575 e. The van der Waals surface area contributed by atoms with E-state index in [9.17, 15) is 27.6 Å². The number of likely N-dealkylation sites (tertiary alicyclic amines) is 1. The fraction of sp³-hybridized carbons (Fsp3) is 0.786. The van der Waals surface area contributed by atoms with Gasteiger partial charge in [-0.3, -0.25) is 4.90 Å². The first-order valence-corrected chi connectivity index (χ1v) is 7.33. The summed E-state index contributed by atoms with van der Waals surface area (Å²) in [5.74, 6) is -2.48. The summed E-state index contributed by atoms with van der Waals surface area (Å²) < 4.78 is 50.1. The number of amides is 1. The predicted octanol–water partition coefficient (Wildman–Crippen LogP) is 2.38. The number of halogens is 3. The zero-order valence-electron chi connectivity index (χ0n) is 13.8. The molecule has 10 heteroatoms. The van der Waals surface area contributed by atoms with Crippen LogP contribution >= 0.6 is 0 Å². The minimum atomic E-state index is -5.18. The van der Waals surface area contributed by atoms with Gasteiger partial charge in [-0.15, -0.1) is 13.2 Å². The number of carbonyl (C=O) groups is 3. The molecular formula is C14H20F3NO6. The van der Waals surface area contributed by atoms with Gasteiger partial charge in [0, 0.05) is 0 Å². The molecule has 24 heavy (non-hydrogen) atoms. The van der Waals surface area contributed by atoms with Crippen LogP contribution in [0.5, 0.6) is 0 Å². The average molecular weight is 355 g/mol. The number of nitrogens with zero attached hydrogens (tertiary/aromatic N) is 1. The van der Waals surface area contributed by atoms with E-state index >= 15 is 0 Å². The van der Waals surface area contributed by atoms with Crippen LogP contribution in [-0.2, 0) is 23.8 Å². The van der Waals surface area contributed by atoms with Crippen molar-refractivity contribution in [3.05, 3.63) is 0 Å². The fourth-order valence-corrected chi connectivity index (χ4v) is 2.26. The Morgan fingerprint density at radius 2 is 1.50 bits per heavy atom. The molecule has 0 radical (unpaired) electrons. The van der Waals surface area contributed by atoms with Crippen molar-refractivity contribution in [2.24, 2.45) is 0 Å². The van der Waals surface area contributed by atoms with Crippen LogP contribution in [0.4, 0.5) is 18.0 Å². The van der Waals surface area contributed by atoms with E-state index in [2.05, 4.69) is 4.74 Å². The predicted molar refractivity (Wildman–Crippen MR) is 73.7 cm³/mol. The Morgan fingerprint density at radius 1 is 1.00 bits per heavy atom. The smallest absolute Gasteiger partial charge is 0.464 e. The molecule has 1 aliphatic rings. The van der Waals surface area contributed by atoms with Crippen molar-refractivity contribution < 1.29 is 41.8 Å². The van der Waals surface area contributed by atoms with Gasteiger partial charge in [-0.05, 0) is 40.5 Å². The van der Waals surface area contributed by atoms with Crippen LogP contribution in [0.3, 0.4) is 0 Å². The van der Waals surface area contributed by atoms with Crippen molar-refractivity contribution in [2.75, 3.05) is 6.61 Å². The summed E-state index contributed by atoms with van der Waals surface area (Å²) in [6, 6.07) is -2.78. The summed E-state index contributed by atoms with van der Waals surface area (Å²) in [6.45, 7) is 6.20. The second-order valence-corrected chi connectivity index (χ2v) is 6.12. The highest BCUT2D eigenvalue weighted by atomic mass is 19.4. The van der Waals surface area contributed by atoms with Crippen molar-refractivity contribution in [1.29, 1.82) is 0 Å². The molecular weight excluding hydrogens is 335 g/mol. The number of alkyl halides is 3. The highest BCUT2D eigenvalue weighted by molar-refractivity contribution is 5.88. The molecule has 1 fully saturated rings. The molecule has 0 spiro atoms. The van der Waals surface area contributed by atoms with Gasteiger partial charge in [0.15, 0.2) is 0 Å². The number of hydrogen-bond acceptors (Lipinski definition) is 6. The minimum absolute atomic E-state index is 0.0230. The molecule has 0 N–H and O–H groups in total. The van der Waals surface area contributed by atoms with Gasteiger partial charge >= 0.3 is 24.4 Å². The third kappa shape index (κ3) is 5.57. The van der Waals surface area contributed by atoms with Gasteiger partial charge in [0.05, 0.1) is 6.61 Å². The molecule has 1 rings (SSSR count). The van der Waals surface area contributed by atoms with E-state index < -0.39 is 42.1 Å². The van der Waals surface area contributed by atoms with Crippen LogP contribution in [-0.4, -0.2) is 53.6 Å². The normalized spacial score (nSPS) is 21.4. The number of hydrogen-bond donors (Lipinski definition) is 0. The molecule has 1 saturated heterocycles. The van der Waals surface area contributed by atoms with Crippen LogP contribution in [0.25, 0.3) is 0 Å². The van der Waals surface area contributed by atoms with Gasteiger partial charge in [0.25, 0.3) is 0 Å². The SMILES string of the molecule is CCOC(=O)[C@@H]1CCC(C(=O)OC(F)(F)F)N1C(=O)OC(C)(C)C. The molecule has 1 heterocycles. The number of ether oxygens (including phenoxy) is 3. The lowest BCUT2D eigenvalue weighted by atomic mass is 10.2. The van der Waals surface area contributed by atoms with E-state index in [4.69, 9.17) is 9.47 Å². The summed E-state index contributed by atoms with van der Waals surface area (Å²) in [6.07, 6.45) is -6.46. The Balaban J connectivity index is 3.03. The maximum absolute atomic E-state index is 12.3. The molecule has 0 bridgehead atoms. The molecule has 1 aliphatic heterocycles. The Bertz CT molecular complexity index is 500. The summed E-state index contributed by atoms with van der Waals surface area (Å²) in [5, 5.41) is 0. The highest BCUT2D eigenvalue weighted by Gasteiger charge is 2.49. The van der Waals surface area contributed by atoms with E-state index in [1.54, 1.807) is 27.7 Å². The quantitative estimate of drug-likeness (QED) is 0.571. The highest BCUT2D eigenvalue weighted by Crippen LogP contribution is 2.30. The molecule has 1 unspecified atom stereocenters. The second-order valence-electron chi connectivity index (χ2n) is 6.12. The average Bonchev–Trinajstić information content (AvgIpc) is 2.79. The van der Waals surface area contributed by atoms with Gasteiger partial charge in [0.2, 0.25) is 0 Å². The van der Waals surface area contributed by atoms with E-state index in [1.807, 2.05) is 0 Å². The van der Waals surface area contributed by atoms with Crippen molar-refractivity contribution >= 4 is 18.0 Å². The van der Waals surface area contributed by atoms with E-state index in [-0.39, 0.29) is 19.4 Å². The third-order valence-corrected chi connectivity index (χ3v) is 3.04. The third-order valence-electron chi connectivity index (χ3n) is 3.04. The Kier molecular flexibility index (Phi) is 6.07. The van der Waals surface area contributed by atoms with Gasteiger partial charge in [-0.1, -0.05) is 0 Å². The topological polar surface area (TPSA) is 82.1 Å². The van der Waals surface area contributed by atoms with E-state index in [1.165, 1.54) is 0 Å². The Hall–Kier alpha value is -2.00. The van der Waals surface area contributed by atoms with Gasteiger partial charge in [-0.2, -0.15) is 0 Å². The van der Waals surface area contributed by atoms with Crippen molar-refractivity contribution in [2.45, 2.75) is 64.6 Å². The van der Waals surface area contributed by atoms with Crippen LogP contribution < -0.4 is 0 Å². The minimum Gasteiger partial charge on any atom is -0.464 e. The molecule has 1 amide bonds. The summed E-state index contributed by atoms with van der Waals surface area (Å²) in [4.78, 5) is 36.6. The van der Waals surface area contributed by atoms with Crippen LogP contribution in [0.2, 0.25) is 0 Å². The molecule has 7 nitrogen and oxygen atoms in total. The lowest BCUT2D eigenvalue weighted by Gasteiger charge is -2.30. The van der Waals surface area contributed by atoms with E-state index in [0.29, 0.717) is 4.90 Å². The maximum atomic E-state index is 12.3. The zero-order valence-corrected chi connectivity index (χ0v) is 13.8. The number of rotatable bonds is 3. The van der Waals surface area contributed by atoms with Crippen molar-refractivity contribution in [3.8, 4) is 0 Å². The Morgan fingerprint density at radius 3 is 1.92 bits per heavy atom. The molecule has 0 aromatic rings. The van der Waals surface area contributed by atoms with Gasteiger partial charge < -0.3 is 14.2 Å². The van der Waals surface area contributed by atoms with E-state index in [0.717, 1.165) is 0 Å². The zero-order chi connectivity index (χ0) is 18.7. The summed E-state index contributed by atoms with van der Waals surface area (Å²) in [7, 11) is 0. The Labute approximate surface area is 137 Å². The second kappa shape index (κ2) is 7.27.